The van der Waals surface area contributed by atoms with Crippen molar-refractivity contribution in [3.8, 4) is 11.3 Å². The summed E-state index contributed by atoms with van der Waals surface area (Å²) in [7, 11) is 1.80. The van der Waals surface area contributed by atoms with Crippen molar-refractivity contribution in [1.82, 2.24) is 29.8 Å². The summed E-state index contributed by atoms with van der Waals surface area (Å²) in [5.41, 5.74) is 4.06. The molecule has 0 atom stereocenters. The Kier molecular flexibility index (Phi) is 4.17. The molecular weight excluding hydrogens is 384 g/mol. The molecular formula is C20H26N8O2. The molecule has 0 amide bonds. The summed E-state index contributed by atoms with van der Waals surface area (Å²) in [5.74, 6) is 0.646. The van der Waals surface area contributed by atoms with Crippen LogP contribution in [-0.2, 0) is 9.47 Å². The highest BCUT2D eigenvalue weighted by Crippen LogP contribution is 2.52. The maximum atomic E-state index is 5.50. The first kappa shape index (κ1) is 18.1. The van der Waals surface area contributed by atoms with Crippen molar-refractivity contribution in [2.45, 2.75) is 37.8 Å². The summed E-state index contributed by atoms with van der Waals surface area (Å²) in [6.45, 7) is 3.55. The number of aromatic nitrogens is 6. The van der Waals surface area contributed by atoms with Crippen LogP contribution >= 0.6 is 0 Å². The number of nitrogens with zero attached hydrogens (tertiary/aromatic N) is 6. The Labute approximate surface area is 174 Å². The minimum atomic E-state index is 0.342. The second-order valence-corrected chi connectivity index (χ2v) is 8.79. The zero-order chi connectivity index (χ0) is 20.1. The molecule has 1 aliphatic carbocycles. The van der Waals surface area contributed by atoms with Gasteiger partial charge in [-0.2, -0.15) is 14.6 Å². The number of anilines is 2. The van der Waals surface area contributed by atoms with Gasteiger partial charge in [0.05, 0.1) is 12.3 Å². The van der Waals surface area contributed by atoms with Gasteiger partial charge in [0.1, 0.15) is 17.7 Å². The average molecular weight is 410 g/mol. The van der Waals surface area contributed by atoms with E-state index in [1.165, 1.54) is 0 Å². The van der Waals surface area contributed by atoms with E-state index in [1.54, 1.807) is 24.1 Å². The van der Waals surface area contributed by atoms with Crippen LogP contribution in [0.4, 0.5) is 11.6 Å². The Bertz CT molecular complexity index is 1030. The standard InChI is InChI=1S/C20H26N8O2/c1-29-15-6-20(7-15)10-27(11-20)17-16(13-8-22-23-9-13)21-12-28-18(17)25-19(26-28)24-14-2-4-30-5-3-14/h8-9,12,14-15H,2-7,10-11H2,1H3,(H,22,23)(H,24,26). The highest BCUT2D eigenvalue weighted by Gasteiger charge is 2.53. The van der Waals surface area contributed by atoms with Crippen LogP contribution in [0.3, 0.4) is 0 Å². The molecule has 0 unspecified atom stereocenters. The Hall–Kier alpha value is -2.72. The Morgan fingerprint density at radius 1 is 1.27 bits per heavy atom. The quantitative estimate of drug-likeness (QED) is 0.655. The van der Waals surface area contributed by atoms with Crippen LogP contribution in [-0.4, -0.2) is 75.3 Å². The number of H-pyrrole nitrogens is 1. The summed E-state index contributed by atoms with van der Waals surface area (Å²) >= 11 is 0. The minimum Gasteiger partial charge on any atom is -0.381 e. The second kappa shape index (κ2) is 6.92. The van der Waals surface area contributed by atoms with Gasteiger partial charge in [-0.25, -0.2) is 4.98 Å². The zero-order valence-corrected chi connectivity index (χ0v) is 17.0. The molecule has 3 aliphatic rings. The van der Waals surface area contributed by atoms with Crippen molar-refractivity contribution in [3.05, 3.63) is 18.7 Å². The lowest BCUT2D eigenvalue weighted by Crippen LogP contribution is -2.64. The first-order valence-corrected chi connectivity index (χ1v) is 10.6. The Morgan fingerprint density at radius 3 is 2.83 bits per heavy atom. The van der Waals surface area contributed by atoms with Crippen molar-refractivity contribution in [2.75, 3.05) is 43.6 Å². The topological polar surface area (TPSA) is 105 Å². The van der Waals surface area contributed by atoms with Gasteiger partial charge >= 0.3 is 0 Å². The van der Waals surface area contributed by atoms with Gasteiger partial charge in [0.15, 0.2) is 5.65 Å². The van der Waals surface area contributed by atoms with Gasteiger partial charge in [0, 0.05) is 56.6 Å². The summed E-state index contributed by atoms with van der Waals surface area (Å²) in [5, 5.41) is 15.1. The fourth-order valence-electron chi connectivity index (χ4n) is 5.07. The molecule has 0 bridgehead atoms. The fourth-order valence-corrected chi connectivity index (χ4v) is 5.07. The highest BCUT2D eigenvalue weighted by atomic mass is 16.5. The van der Waals surface area contributed by atoms with E-state index in [1.807, 2.05) is 6.20 Å². The van der Waals surface area contributed by atoms with E-state index < -0.39 is 0 Å². The molecule has 158 valence electrons. The molecule has 30 heavy (non-hydrogen) atoms. The zero-order valence-electron chi connectivity index (χ0n) is 17.0. The molecule has 3 aromatic heterocycles. The third-order valence-corrected chi connectivity index (χ3v) is 6.71. The lowest BCUT2D eigenvalue weighted by molar-refractivity contribution is -0.0730. The van der Waals surface area contributed by atoms with Gasteiger partial charge < -0.3 is 19.7 Å². The monoisotopic (exact) mass is 410 g/mol. The Morgan fingerprint density at radius 2 is 2.10 bits per heavy atom. The third kappa shape index (κ3) is 2.93. The van der Waals surface area contributed by atoms with Crippen molar-refractivity contribution >= 4 is 17.3 Å². The van der Waals surface area contributed by atoms with Gasteiger partial charge in [0.25, 0.3) is 0 Å². The number of ether oxygens (including phenoxy) is 2. The second-order valence-electron chi connectivity index (χ2n) is 8.79. The summed E-state index contributed by atoms with van der Waals surface area (Å²) in [6, 6.07) is 0.342. The SMILES string of the molecule is COC1CC2(C1)CN(c1c(-c3cn[nH]c3)ncn3nc(NC4CCOCC4)nc13)C2. The smallest absolute Gasteiger partial charge is 0.243 e. The maximum Gasteiger partial charge on any atom is 0.243 e. The first-order chi connectivity index (χ1) is 14.7. The van der Waals surface area contributed by atoms with Gasteiger partial charge in [-0.15, -0.1) is 5.10 Å². The molecule has 6 rings (SSSR count). The summed E-state index contributed by atoms with van der Waals surface area (Å²) < 4.78 is 12.7. The molecule has 1 saturated carbocycles. The van der Waals surface area contributed by atoms with E-state index in [4.69, 9.17) is 19.4 Å². The van der Waals surface area contributed by atoms with Crippen LogP contribution in [0, 0.1) is 5.41 Å². The molecule has 1 spiro atoms. The average Bonchev–Trinajstić information content (AvgIpc) is 3.36. The van der Waals surface area contributed by atoms with E-state index in [2.05, 4.69) is 25.5 Å². The lowest BCUT2D eigenvalue weighted by Gasteiger charge is -2.59. The lowest BCUT2D eigenvalue weighted by atomic mass is 9.61. The molecule has 2 saturated heterocycles. The molecule has 5 heterocycles. The highest BCUT2D eigenvalue weighted by molar-refractivity contribution is 5.85. The fraction of sp³-hybridized carbons (Fsp3) is 0.600. The number of methoxy groups -OCH3 is 1. The van der Waals surface area contributed by atoms with Gasteiger partial charge in [0.2, 0.25) is 5.95 Å². The number of rotatable bonds is 5. The van der Waals surface area contributed by atoms with E-state index in [9.17, 15) is 0 Å². The Balaban J connectivity index is 1.34. The summed E-state index contributed by atoms with van der Waals surface area (Å²) in [6.07, 6.45) is 10.0. The van der Waals surface area contributed by atoms with Crippen LogP contribution in [0.2, 0.25) is 0 Å². The van der Waals surface area contributed by atoms with Gasteiger partial charge in [-0.1, -0.05) is 0 Å². The summed E-state index contributed by atoms with van der Waals surface area (Å²) in [4.78, 5) is 12.0. The molecule has 2 aliphatic heterocycles. The molecule has 0 radical (unpaired) electrons. The maximum absolute atomic E-state index is 5.50. The van der Waals surface area contributed by atoms with Crippen LogP contribution in [0.5, 0.6) is 0 Å². The van der Waals surface area contributed by atoms with Gasteiger partial charge in [-0.05, 0) is 25.7 Å². The molecule has 3 aromatic rings. The molecule has 10 nitrogen and oxygen atoms in total. The number of nitrogens with one attached hydrogen (secondary N) is 2. The largest absolute Gasteiger partial charge is 0.381 e. The molecule has 2 N–H and O–H groups in total. The van der Waals surface area contributed by atoms with Crippen molar-refractivity contribution in [1.29, 1.82) is 0 Å². The molecule has 10 heteroatoms. The van der Waals surface area contributed by atoms with Gasteiger partial charge in [-0.3, -0.25) is 5.10 Å². The van der Waals surface area contributed by atoms with Crippen molar-refractivity contribution in [3.63, 3.8) is 0 Å². The predicted octanol–water partition coefficient (Wildman–Crippen LogP) is 1.72. The number of aromatic amines is 1. The van der Waals surface area contributed by atoms with E-state index in [0.717, 1.165) is 74.6 Å². The van der Waals surface area contributed by atoms with E-state index in [-0.39, 0.29) is 0 Å². The third-order valence-electron chi connectivity index (χ3n) is 6.71. The number of fused-ring (bicyclic) bond motifs is 1. The van der Waals surface area contributed by atoms with E-state index >= 15 is 0 Å². The number of hydrogen-bond acceptors (Lipinski definition) is 8. The minimum absolute atomic E-state index is 0.342. The van der Waals surface area contributed by atoms with Crippen LogP contribution in [0.15, 0.2) is 18.7 Å². The van der Waals surface area contributed by atoms with Crippen LogP contribution in [0.25, 0.3) is 16.9 Å². The van der Waals surface area contributed by atoms with E-state index in [0.29, 0.717) is 23.5 Å². The molecule has 0 aromatic carbocycles. The van der Waals surface area contributed by atoms with Crippen molar-refractivity contribution < 1.29 is 9.47 Å². The normalized spacial score (nSPS) is 21.7. The van der Waals surface area contributed by atoms with Crippen LogP contribution < -0.4 is 10.2 Å². The predicted molar refractivity (Wildman–Crippen MR) is 111 cm³/mol. The van der Waals surface area contributed by atoms with Crippen LogP contribution in [0.1, 0.15) is 25.7 Å². The van der Waals surface area contributed by atoms with Crippen molar-refractivity contribution in [2.24, 2.45) is 5.41 Å². The first-order valence-electron chi connectivity index (χ1n) is 10.6. The molecule has 3 fully saturated rings. The number of hydrogen-bond donors (Lipinski definition) is 2.